The van der Waals surface area contributed by atoms with Crippen LogP contribution in [0.2, 0.25) is 0 Å². The molecule has 0 aromatic heterocycles. The van der Waals surface area contributed by atoms with Crippen molar-refractivity contribution in [3.63, 3.8) is 0 Å². The number of hydrogen-bond acceptors (Lipinski definition) is 2. The summed E-state index contributed by atoms with van der Waals surface area (Å²) < 4.78 is 0. The zero-order chi connectivity index (χ0) is 10.2. The summed E-state index contributed by atoms with van der Waals surface area (Å²) in [6.07, 6.45) is 0. The summed E-state index contributed by atoms with van der Waals surface area (Å²) in [6, 6.07) is -0.662. The van der Waals surface area contributed by atoms with Crippen LogP contribution in [0.15, 0.2) is 0 Å². The number of amides is 3. The highest BCUT2D eigenvalue weighted by Crippen LogP contribution is 2.15. The molecule has 0 spiro atoms. The number of carbonyl (C=O) groups excluding carboxylic acids is 2. The van der Waals surface area contributed by atoms with E-state index in [-0.39, 0.29) is 29.9 Å². The molecule has 1 fully saturated rings. The molecule has 0 bridgehead atoms. The largest absolute Gasteiger partial charge is 0.326 e. The molecule has 0 aromatic rings. The molecule has 0 aliphatic carbocycles. The van der Waals surface area contributed by atoms with E-state index in [1.54, 1.807) is 0 Å². The molecule has 0 aromatic carbocycles. The molecular formula is C9H16N2O2. The first kappa shape index (κ1) is 10.0. The Labute approximate surface area is 78.3 Å². The van der Waals surface area contributed by atoms with E-state index in [0.717, 1.165) is 0 Å². The number of imide groups is 1. The van der Waals surface area contributed by atoms with Crippen LogP contribution in [0.3, 0.4) is 0 Å². The highest BCUT2D eigenvalue weighted by Gasteiger charge is 2.40. The third-order valence-electron chi connectivity index (χ3n) is 2.18. The normalized spacial score (nSPS) is 23.2. The third-order valence-corrected chi connectivity index (χ3v) is 2.18. The minimum absolute atomic E-state index is 0.0590. The number of nitrogens with zero attached hydrogens (tertiary/aromatic N) is 1. The number of rotatable bonds is 2. The second kappa shape index (κ2) is 3.36. The molecule has 1 heterocycles. The second-order valence-electron chi connectivity index (χ2n) is 3.97. The molecule has 1 saturated heterocycles. The van der Waals surface area contributed by atoms with Crippen molar-refractivity contribution in [3.05, 3.63) is 0 Å². The minimum Gasteiger partial charge on any atom is -0.326 e. The number of carbonyl (C=O) groups is 2. The average Bonchev–Trinajstić information content (AvgIpc) is 2.26. The summed E-state index contributed by atoms with van der Waals surface area (Å²) in [4.78, 5) is 24.3. The highest BCUT2D eigenvalue weighted by molar-refractivity contribution is 6.04. The Morgan fingerprint density at radius 1 is 1.23 bits per heavy atom. The molecule has 1 aliphatic heterocycles. The summed E-state index contributed by atoms with van der Waals surface area (Å²) in [5.74, 6) is 0.0511. The quantitative estimate of drug-likeness (QED) is 0.650. The van der Waals surface area contributed by atoms with Crippen molar-refractivity contribution in [2.75, 3.05) is 0 Å². The van der Waals surface area contributed by atoms with E-state index >= 15 is 0 Å². The van der Waals surface area contributed by atoms with Gasteiger partial charge in [0.25, 0.3) is 5.91 Å². The van der Waals surface area contributed by atoms with Gasteiger partial charge in [0.15, 0.2) is 0 Å². The van der Waals surface area contributed by atoms with E-state index in [1.807, 2.05) is 27.7 Å². The Bertz CT molecular complexity index is 236. The van der Waals surface area contributed by atoms with Crippen LogP contribution >= 0.6 is 0 Å². The summed E-state index contributed by atoms with van der Waals surface area (Å²) in [5, 5.41) is 2.67. The number of hydrogen-bond donors (Lipinski definition) is 1. The van der Waals surface area contributed by atoms with Gasteiger partial charge in [-0.3, -0.25) is 9.69 Å². The fourth-order valence-electron chi connectivity index (χ4n) is 1.46. The van der Waals surface area contributed by atoms with Crippen LogP contribution in [-0.2, 0) is 4.79 Å². The van der Waals surface area contributed by atoms with E-state index in [1.165, 1.54) is 4.90 Å². The fourth-order valence-corrected chi connectivity index (χ4v) is 1.46. The van der Waals surface area contributed by atoms with Crippen LogP contribution in [0.1, 0.15) is 27.7 Å². The fraction of sp³-hybridized carbons (Fsp3) is 0.778. The third kappa shape index (κ3) is 1.66. The van der Waals surface area contributed by atoms with E-state index in [4.69, 9.17) is 0 Å². The van der Waals surface area contributed by atoms with Crippen molar-refractivity contribution in [3.8, 4) is 0 Å². The van der Waals surface area contributed by atoms with Gasteiger partial charge < -0.3 is 5.32 Å². The van der Waals surface area contributed by atoms with E-state index in [9.17, 15) is 9.59 Å². The minimum atomic E-state index is -0.338. The highest BCUT2D eigenvalue weighted by atomic mass is 16.2. The molecule has 1 rings (SSSR count). The van der Waals surface area contributed by atoms with Crippen LogP contribution < -0.4 is 5.32 Å². The Morgan fingerprint density at radius 2 is 1.77 bits per heavy atom. The van der Waals surface area contributed by atoms with Crippen LogP contribution in [0, 0.1) is 5.92 Å². The van der Waals surface area contributed by atoms with Crippen LogP contribution in [0.4, 0.5) is 4.79 Å². The Kier molecular flexibility index (Phi) is 2.59. The summed E-state index contributed by atoms with van der Waals surface area (Å²) in [7, 11) is 0. The van der Waals surface area contributed by atoms with Crippen LogP contribution in [-0.4, -0.2) is 28.9 Å². The van der Waals surface area contributed by atoms with Gasteiger partial charge in [0.1, 0.15) is 6.04 Å². The predicted molar refractivity (Wildman–Crippen MR) is 49.1 cm³/mol. The smallest absolute Gasteiger partial charge is 0.325 e. The summed E-state index contributed by atoms with van der Waals surface area (Å²) in [6.45, 7) is 7.51. The topological polar surface area (TPSA) is 49.4 Å². The van der Waals surface area contributed by atoms with Gasteiger partial charge in [0.2, 0.25) is 0 Å². The molecule has 74 valence electrons. The predicted octanol–water partition coefficient (Wildman–Crippen LogP) is 0.971. The molecule has 4 nitrogen and oxygen atoms in total. The first-order valence-corrected chi connectivity index (χ1v) is 4.58. The Hall–Kier alpha value is -1.06. The molecule has 1 unspecified atom stereocenters. The molecular weight excluding hydrogens is 168 g/mol. The second-order valence-corrected chi connectivity index (χ2v) is 3.97. The lowest BCUT2D eigenvalue weighted by molar-refractivity contribution is -0.129. The van der Waals surface area contributed by atoms with Gasteiger partial charge >= 0.3 is 6.03 Å². The van der Waals surface area contributed by atoms with Crippen molar-refractivity contribution in [2.24, 2.45) is 5.92 Å². The van der Waals surface area contributed by atoms with Crippen molar-refractivity contribution in [2.45, 2.75) is 39.8 Å². The van der Waals surface area contributed by atoms with E-state index < -0.39 is 0 Å². The van der Waals surface area contributed by atoms with Gasteiger partial charge in [-0.1, -0.05) is 13.8 Å². The van der Waals surface area contributed by atoms with E-state index in [0.29, 0.717) is 0 Å². The Morgan fingerprint density at radius 3 is 2.00 bits per heavy atom. The van der Waals surface area contributed by atoms with Gasteiger partial charge in [-0.2, -0.15) is 0 Å². The van der Waals surface area contributed by atoms with Crippen LogP contribution in [0.5, 0.6) is 0 Å². The number of nitrogens with one attached hydrogen (secondary N) is 1. The summed E-state index contributed by atoms with van der Waals surface area (Å²) in [5.41, 5.74) is 0. The lowest BCUT2D eigenvalue weighted by atomic mass is 10.0. The Balaban J connectivity index is 2.82. The van der Waals surface area contributed by atoms with E-state index in [2.05, 4.69) is 5.32 Å². The molecule has 0 radical (unpaired) electrons. The maximum absolute atomic E-state index is 11.6. The lowest BCUT2D eigenvalue weighted by Crippen LogP contribution is -2.38. The summed E-state index contributed by atoms with van der Waals surface area (Å²) >= 11 is 0. The maximum atomic E-state index is 11.6. The van der Waals surface area contributed by atoms with Gasteiger partial charge in [0.05, 0.1) is 0 Å². The molecule has 3 amide bonds. The molecule has 13 heavy (non-hydrogen) atoms. The first-order valence-electron chi connectivity index (χ1n) is 4.58. The van der Waals surface area contributed by atoms with Gasteiger partial charge in [-0.05, 0) is 19.8 Å². The van der Waals surface area contributed by atoms with Crippen molar-refractivity contribution >= 4 is 11.9 Å². The zero-order valence-electron chi connectivity index (χ0n) is 8.50. The molecule has 0 saturated carbocycles. The lowest BCUT2D eigenvalue weighted by Gasteiger charge is -2.17. The monoisotopic (exact) mass is 184 g/mol. The average molecular weight is 184 g/mol. The van der Waals surface area contributed by atoms with Gasteiger partial charge in [-0.15, -0.1) is 0 Å². The molecule has 1 atom stereocenters. The van der Waals surface area contributed by atoms with Crippen LogP contribution in [0.25, 0.3) is 0 Å². The van der Waals surface area contributed by atoms with Crippen molar-refractivity contribution in [1.82, 2.24) is 10.2 Å². The van der Waals surface area contributed by atoms with Gasteiger partial charge in [-0.25, -0.2) is 4.79 Å². The molecule has 4 heteroatoms. The van der Waals surface area contributed by atoms with Crippen molar-refractivity contribution < 1.29 is 9.59 Å². The number of urea groups is 1. The molecule has 1 aliphatic rings. The molecule has 1 N–H and O–H groups in total. The SMILES string of the molecule is CC(C)C1NC(=O)N(C(C)C)C1=O. The standard InChI is InChI=1S/C9H16N2O2/c1-5(2)7-8(12)11(6(3)4)9(13)10-7/h5-7H,1-4H3,(H,10,13). The maximum Gasteiger partial charge on any atom is 0.325 e. The van der Waals surface area contributed by atoms with Crippen molar-refractivity contribution in [1.29, 1.82) is 0 Å². The van der Waals surface area contributed by atoms with Gasteiger partial charge in [0, 0.05) is 6.04 Å². The first-order chi connectivity index (χ1) is 5.95. The zero-order valence-corrected chi connectivity index (χ0v) is 8.50.